The Kier molecular flexibility index (Phi) is 3.38. The molecule has 6 nitrogen and oxygen atoms in total. The van der Waals surface area contributed by atoms with E-state index >= 15 is 0 Å². The summed E-state index contributed by atoms with van der Waals surface area (Å²) >= 11 is 0. The normalized spacial score (nSPS) is 31.2. The number of nitrogens with one attached hydrogen (secondary N) is 1. The molecule has 0 aromatic rings. The predicted molar refractivity (Wildman–Crippen MR) is 64.6 cm³/mol. The zero-order chi connectivity index (χ0) is 13.4. The van der Waals surface area contributed by atoms with Crippen LogP contribution >= 0.6 is 0 Å². The highest BCUT2D eigenvalue weighted by Crippen LogP contribution is 2.31. The second-order valence-electron chi connectivity index (χ2n) is 5.19. The maximum absolute atomic E-state index is 12.2. The van der Waals surface area contributed by atoms with E-state index in [0.29, 0.717) is 0 Å². The van der Waals surface area contributed by atoms with Crippen LogP contribution in [0, 0.1) is 17.8 Å². The third-order valence-electron chi connectivity index (χ3n) is 4.05. The van der Waals surface area contributed by atoms with E-state index in [4.69, 9.17) is 0 Å². The van der Waals surface area contributed by atoms with E-state index in [9.17, 15) is 14.4 Å². The minimum atomic E-state index is -0.699. The molecule has 0 spiro atoms. The Morgan fingerprint density at radius 1 is 1.11 bits per heavy atom. The van der Waals surface area contributed by atoms with Gasteiger partial charge in [0.1, 0.15) is 5.92 Å². The van der Waals surface area contributed by atoms with Gasteiger partial charge in [-0.1, -0.05) is 6.92 Å². The summed E-state index contributed by atoms with van der Waals surface area (Å²) in [5.74, 6) is -1.14. The van der Waals surface area contributed by atoms with E-state index in [0.717, 1.165) is 29.3 Å². The van der Waals surface area contributed by atoms with Gasteiger partial charge in [0, 0.05) is 14.1 Å². The molecule has 4 amide bonds. The maximum atomic E-state index is 12.2. The van der Waals surface area contributed by atoms with Crippen molar-refractivity contribution in [3.05, 3.63) is 0 Å². The van der Waals surface area contributed by atoms with Crippen LogP contribution in [0.25, 0.3) is 0 Å². The van der Waals surface area contributed by atoms with Crippen molar-refractivity contribution in [3.8, 4) is 0 Å². The number of imide groups is 2. The Bertz CT molecular complexity index is 372. The van der Waals surface area contributed by atoms with E-state index in [1.807, 2.05) is 6.92 Å². The molecule has 2 fully saturated rings. The van der Waals surface area contributed by atoms with Crippen LogP contribution in [0.5, 0.6) is 0 Å². The molecule has 100 valence electrons. The fraction of sp³-hybridized carbons (Fsp3) is 0.750. The van der Waals surface area contributed by atoms with Crippen molar-refractivity contribution in [2.75, 3.05) is 27.2 Å². The standard InChI is InChI=1S/C12H19N3O3/c1-7-6-13-5-4-8(7)9-10(16)14(2)12(18)15(3)11(9)17/h7-9,13H,4-6H2,1-3H3. The molecule has 0 aliphatic carbocycles. The van der Waals surface area contributed by atoms with Crippen LogP contribution in [0.15, 0.2) is 0 Å². The topological polar surface area (TPSA) is 69.7 Å². The summed E-state index contributed by atoms with van der Waals surface area (Å²) in [4.78, 5) is 38.1. The van der Waals surface area contributed by atoms with Gasteiger partial charge in [-0.3, -0.25) is 19.4 Å². The number of hydrogen-bond donors (Lipinski definition) is 1. The SMILES string of the molecule is CC1CNCCC1C1C(=O)N(C)C(=O)N(C)C1=O. The van der Waals surface area contributed by atoms with Gasteiger partial charge < -0.3 is 5.32 Å². The second-order valence-corrected chi connectivity index (χ2v) is 5.19. The first-order chi connectivity index (χ1) is 8.45. The molecule has 2 aliphatic rings. The summed E-state index contributed by atoms with van der Waals surface area (Å²) in [5.41, 5.74) is 0. The fourth-order valence-corrected chi connectivity index (χ4v) is 2.83. The lowest BCUT2D eigenvalue weighted by atomic mass is 9.76. The highest BCUT2D eigenvalue weighted by Gasteiger charge is 2.47. The summed E-state index contributed by atoms with van der Waals surface area (Å²) < 4.78 is 0. The van der Waals surface area contributed by atoms with Crippen LogP contribution in [-0.4, -0.2) is 54.8 Å². The molecule has 2 atom stereocenters. The van der Waals surface area contributed by atoms with Crippen molar-refractivity contribution in [2.45, 2.75) is 13.3 Å². The number of carbonyl (C=O) groups is 3. The molecule has 2 heterocycles. The molecule has 0 bridgehead atoms. The highest BCUT2D eigenvalue weighted by atomic mass is 16.2. The van der Waals surface area contributed by atoms with E-state index in [1.54, 1.807) is 0 Å². The molecule has 0 saturated carbocycles. The molecular weight excluding hydrogens is 234 g/mol. The minimum absolute atomic E-state index is 0.0178. The Labute approximate surface area is 106 Å². The van der Waals surface area contributed by atoms with Crippen molar-refractivity contribution in [1.29, 1.82) is 0 Å². The molecule has 0 aromatic heterocycles. The van der Waals surface area contributed by atoms with Crippen LogP contribution in [0.3, 0.4) is 0 Å². The van der Waals surface area contributed by atoms with Gasteiger partial charge in [0.2, 0.25) is 11.8 Å². The lowest BCUT2D eigenvalue weighted by Crippen LogP contribution is -2.60. The minimum Gasteiger partial charge on any atom is -0.316 e. The van der Waals surface area contributed by atoms with Crippen LogP contribution in [0.2, 0.25) is 0 Å². The molecule has 2 unspecified atom stereocenters. The number of barbiturate groups is 1. The monoisotopic (exact) mass is 253 g/mol. The van der Waals surface area contributed by atoms with E-state index in [2.05, 4.69) is 5.32 Å². The molecule has 0 radical (unpaired) electrons. The van der Waals surface area contributed by atoms with Crippen LogP contribution in [0.1, 0.15) is 13.3 Å². The number of nitrogens with zero attached hydrogens (tertiary/aromatic N) is 2. The molecule has 0 aromatic carbocycles. The zero-order valence-electron chi connectivity index (χ0n) is 11.0. The molecule has 18 heavy (non-hydrogen) atoms. The summed E-state index contributed by atoms with van der Waals surface area (Å²) in [6.45, 7) is 3.66. The van der Waals surface area contributed by atoms with E-state index in [-0.39, 0.29) is 23.7 Å². The van der Waals surface area contributed by atoms with Gasteiger partial charge in [-0.2, -0.15) is 0 Å². The summed E-state index contributed by atoms with van der Waals surface area (Å²) in [6, 6.07) is -0.539. The van der Waals surface area contributed by atoms with Crippen molar-refractivity contribution >= 4 is 17.8 Å². The Morgan fingerprint density at radius 3 is 2.17 bits per heavy atom. The van der Waals surface area contributed by atoms with Crippen LogP contribution in [0.4, 0.5) is 4.79 Å². The van der Waals surface area contributed by atoms with Crippen molar-refractivity contribution in [2.24, 2.45) is 17.8 Å². The van der Waals surface area contributed by atoms with Gasteiger partial charge >= 0.3 is 6.03 Å². The van der Waals surface area contributed by atoms with Crippen LogP contribution < -0.4 is 5.32 Å². The van der Waals surface area contributed by atoms with Crippen molar-refractivity contribution in [3.63, 3.8) is 0 Å². The van der Waals surface area contributed by atoms with Crippen LogP contribution in [-0.2, 0) is 9.59 Å². The first-order valence-electron chi connectivity index (χ1n) is 6.25. The number of urea groups is 1. The second kappa shape index (κ2) is 4.68. The lowest BCUT2D eigenvalue weighted by molar-refractivity contribution is -0.151. The summed E-state index contributed by atoms with van der Waals surface area (Å²) in [7, 11) is 2.87. The molecule has 1 N–H and O–H groups in total. The average Bonchev–Trinajstić information content (AvgIpc) is 2.36. The first kappa shape index (κ1) is 13.0. The predicted octanol–water partition coefficient (Wildman–Crippen LogP) is -0.101. The lowest BCUT2D eigenvalue weighted by Gasteiger charge is -2.40. The number of hydrogen-bond acceptors (Lipinski definition) is 4. The Hall–Kier alpha value is -1.43. The Morgan fingerprint density at radius 2 is 1.67 bits per heavy atom. The number of amides is 4. The van der Waals surface area contributed by atoms with Gasteiger partial charge in [0.25, 0.3) is 0 Å². The number of carbonyl (C=O) groups excluding carboxylic acids is 3. The number of rotatable bonds is 1. The smallest absolute Gasteiger partial charge is 0.316 e. The molecule has 2 rings (SSSR count). The molecule has 6 heteroatoms. The summed E-state index contributed by atoms with van der Waals surface area (Å²) in [5, 5.41) is 3.25. The third-order valence-corrected chi connectivity index (χ3v) is 4.05. The van der Waals surface area contributed by atoms with Gasteiger partial charge in [-0.15, -0.1) is 0 Å². The van der Waals surface area contributed by atoms with Gasteiger partial charge in [-0.05, 0) is 31.3 Å². The zero-order valence-corrected chi connectivity index (χ0v) is 11.0. The van der Waals surface area contributed by atoms with Gasteiger partial charge in [-0.25, -0.2) is 4.79 Å². The van der Waals surface area contributed by atoms with Gasteiger partial charge in [0.15, 0.2) is 0 Å². The third kappa shape index (κ3) is 1.90. The summed E-state index contributed by atoms with van der Waals surface area (Å²) in [6.07, 6.45) is 0.791. The van der Waals surface area contributed by atoms with E-state index in [1.165, 1.54) is 14.1 Å². The highest BCUT2D eigenvalue weighted by molar-refractivity contribution is 6.15. The maximum Gasteiger partial charge on any atom is 0.332 e. The first-order valence-corrected chi connectivity index (χ1v) is 6.25. The van der Waals surface area contributed by atoms with Crippen molar-refractivity contribution in [1.82, 2.24) is 15.1 Å². The Balaban J connectivity index is 2.27. The van der Waals surface area contributed by atoms with E-state index < -0.39 is 11.9 Å². The quantitative estimate of drug-likeness (QED) is 0.662. The van der Waals surface area contributed by atoms with Crippen molar-refractivity contribution < 1.29 is 14.4 Å². The number of piperidine rings is 1. The molecule has 2 saturated heterocycles. The average molecular weight is 253 g/mol. The largest absolute Gasteiger partial charge is 0.332 e. The molecular formula is C12H19N3O3. The van der Waals surface area contributed by atoms with Gasteiger partial charge in [0.05, 0.1) is 0 Å². The fourth-order valence-electron chi connectivity index (χ4n) is 2.83. The molecule has 2 aliphatic heterocycles.